The van der Waals surface area contributed by atoms with Gasteiger partial charge in [0.15, 0.2) is 17.3 Å². The van der Waals surface area contributed by atoms with Crippen LogP contribution in [0.5, 0.6) is 17.2 Å². The standard InChI is InChI=1S/C28H27N3O6/c1-35-24-14-18(15-25(36-2)28(24)37-3)17-12-22-26(23(32)13-17)27(16-8-10-19(11-9-16)31(33)34)30-21-7-5-4-6-20(21)29-22/h4-11,14-15,17,27,29-30H,12-13H2,1-3H3/t17-,27-/m0/s1. The first-order valence-electron chi connectivity index (χ1n) is 11.9. The van der Waals surface area contributed by atoms with E-state index in [1.165, 1.54) is 12.1 Å². The van der Waals surface area contributed by atoms with Crippen molar-refractivity contribution in [2.24, 2.45) is 0 Å². The lowest BCUT2D eigenvalue weighted by Gasteiger charge is -2.30. The number of rotatable bonds is 6. The molecule has 3 aromatic carbocycles. The molecule has 0 radical (unpaired) electrons. The van der Waals surface area contributed by atoms with Crippen LogP contribution in [0.3, 0.4) is 0 Å². The second-order valence-electron chi connectivity index (χ2n) is 8.98. The van der Waals surface area contributed by atoms with E-state index in [9.17, 15) is 14.9 Å². The van der Waals surface area contributed by atoms with Gasteiger partial charge in [-0.3, -0.25) is 14.9 Å². The smallest absolute Gasteiger partial charge is 0.269 e. The molecule has 0 fully saturated rings. The fraction of sp³-hybridized carbons (Fsp3) is 0.250. The van der Waals surface area contributed by atoms with Crippen molar-refractivity contribution < 1.29 is 23.9 Å². The minimum absolute atomic E-state index is 0.00235. The maximum absolute atomic E-state index is 13.8. The first-order valence-corrected chi connectivity index (χ1v) is 11.9. The lowest BCUT2D eigenvalue weighted by Crippen LogP contribution is -2.27. The number of benzene rings is 3. The number of Topliss-reactive ketones (excluding diaryl/α,β-unsaturated/α-hetero) is 1. The Balaban J connectivity index is 1.58. The number of carbonyl (C=O) groups excluding carboxylic acids is 1. The minimum Gasteiger partial charge on any atom is -0.493 e. The number of nitro groups is 1. The summed E-state index contributed by atoms with van der Waals surface area (Å²) in [5.41, 5.74) is 4.84. The highest BCUT2D eigenvalue weighted by molar-refractivity contribution is 6.01. The van der Waals surface area contributed by atoms with Gasteiger partial charge < -0.3 is 24.8 Å². The average molecular weight is 502 g/mol. The van der Waals surface area contributed by atoms with E-state index in [2.05, 4.69) is 10.6 Å². The van der Waals surface area contributed by atoms with Gasteiger partial charge in [-0.1, -0.05) is 12.1 Å². The fourth-order valence-corrected chi connectivity index (χ4v) is 5.10. The molecule has 1 aliphatic heterocycles. The maximum atomic E-state index is 13.8. The first kappa shape index (κ1) is 24.2. The molecule has 2 N–H and O–H groups in total. The summed E-state index contributed by atoms with van der Waals surface area (Å²) in [6.45, 7) is 0. The minimum atomic E-state index is -0.458. The van der Waals surface area contributed by atoms with E-state index in [1.54, 1.807) is 33.5 Å². The number of nitrogens with zero attached hydrogens (tertiary/aromatic N) is 1. The molecule has 37 heavy (non-hydrogen) atoms. The van der Waals surface area contributed by atoms with E-state index >= 15 is 0 Å². The summed E-state index contributed by atoms with van der Waals surface area (Å²) >= 11 is 0. The Morgan fingerprint density at radius 2 is 1.51 bits per heavy atom. The number of nitro benzene ring substituents is 1. The van der Waals surface area contributed by atoms with Crippen LogP contribution in [0.4, 0.5) is 17.1 Å². The second kappa shape index (κ2) is 9.85. The first-order chi connectivity index (χ1) is 17.9. The number of ketones is 1. The van der Waals surface area contributed by atoms with Crippen molar-refractivity contribution in [3.05, 3.63) is 93.2 Å². The van der Waals surface area contributed by atoms with Gasteiger partial charge in [0.25, 0.3) is 5.69 Å². The molecule has 2 aliphatic rings. The van der Waals surface area contributed by atoms with Crippen LogP contribution in [0, 0.1) is 10.1 Å². The van der Waals surface area contributed by atoms with Gasteiger partial charge in [0.05, 0.1) is 43.7 Å². The topological polar surface area (TPSA) is 112 Å². The van der Waals surface area contributed by atoms with Crippen molar-refractivity contribution >= 4 is 22.8 Å². The van der Waals surface area contributed by atoms with Crippen molar-refractivity contribution in [3.63, 3.8) is 0 Å². The number of allylic oxidation sites excluding steroid dienone is 1. The zero-order chi connectivity index (χ0) is 26.1. The maximum Gasteiger partial charge on any atom is 0.269 e. The van der Waals surface area contributed by atoms with Gasteiger partial charge in [0.2, 0.25) is 5.75 Å². The largest absolute Gasteiger partial charge is 0.493 e. The number of ether oxygens (including phenoxy) is 3. The van der Waals surface area contributed by atoms with Crippen molar-refractivity contribution in [1.29, 1.82) is 0 Å². The van der Waals surface area contributed by atoms with Gasteiger partial charge in [-0.15, -0.1) is 0 Å². The van der Waals surface area contributed by atoms with Gasteiger partial charge in [0, 0.05) is 29.8 Å². The average Bonchev–Trinajstić information content (AvgIpc) is 3.09. The third-order valence-electron chi connectivity index (χ3n) is 6.90. The second-order valence-corrected chi connectivity index (χ2v) is 8.98. The SMILES string of the molecule is COc1cc([C@@H]2CC(=O)C3=C(C2)Nc2ccccc2N[C@H]3c2ccc([N+](=O)[O-])cc2)cc(OC)c1OC. The number of non-ortho nitro benzene ring substituents is 1. The van der Waals surface area contributed by atoms with E-state index in [0.29, 0.717) is 35.7 Å². The lowest BCUT2D eigenvalue weighted by molar-refractivity contribution is -0.384. The van der Waals surface area contributed by atoms with Crippen molar-refractivity contribution in [2.45, 2.75) is 24.8 Å². The molecule has 190 valence electrons. The molecule has 9 nitrogen and oxygen atoms in total. The summed E-state index contributed by atoms with van der Waals surface area (Å²) in [7, 11) is 4.69. The fourth-order valence-electron chi connectivity index (χ4n) is 5.10. The molecule has 3 aromatic rings. The Bertz CT molecular complexity index is 1370. The molecule has 2 atom stereocenters. The summed E-state index contributed by atoms with van der Waals surface area (Å²) in [5.74, 6) is 1.45. The van der Waals surface area contributed by atoms with Crippen molar-refractivity contribution in [2.75, 3.05) is 32.0 Å². The van der Waals surface area contributed by atoms with Crippen LogP contribution < -0.4 is 24.8 Å². The van der Waals surface area contributed by atoms with Crippen LogP contribution in [0.1, 0.15) is 35.9 Å². The Labute approximate surface area is 214 Å². The Kier molecular flexibility index (Phi) is 6.43. The molecule has 0 unspecified atom stereocenters. The molecule has 5 rings (SSSR count). The molecule has 1 heterocycles. The number of para-hydroxylation sites is 2. The summed E-state index contributed by atoms with van der Waals surface area (Å²) in [6.07, 6.45) is 0.875. The van der Waals surface area contributed by atoms with Gasteiger partial charge in [0.1, 0.15) is 0 Å². The molecule has 9 heteroatoms. The highest BCUT2D eigenvalue weighted by atomic mass is 16.6. The normalized spacial score (nSPS) is 18.5. The molecular formula is C28H27N3O6. The quantitative estimate of drug-likeness (QED) is 0.332. The van der Waals surface area contributed by atoms with Gasteiger partial charge >= 0.3 is 0 Å². The highest BCUT2D eigenvalue weighted by Gasteiger charge is 2.36. The van der Waals surface area contributed by atoms with Crippen LogP contribution in [0.25, 0.3) is 0 Å². The highest BCUT2D eigenvalue weighted by Crippen LogP contribution is 2.47. The monoisotopic (exact) mass is 501 g/mol. The third-order valence-corrected chi connectivity index (χ3v) is 6.90. The van der Waals surface area contributed by atoms with E-state index in [1.807, 2.05) is 36.4 Å². The third kappa shape index (κ3) is 4.44. The zero-order valence-electron chi connectivity index (χ0n) is 20.7. The number of hydrogen-bond acceptors (Lipinski definition) is 8. The molecular weight excluding hydrogens is 474 g/mol. The van der Waals surface area contributed by atoms with Crippen LogP contribution in [-0.2, 0) is 4.79 Å². The van der Waals surface area contributed by atoms with Crippen LogP contribution >= 0.6 is 0 Å². The Morgan fingerprint density at radius 1 is 0.865 bits per heavy atom. The van der Waals surface area contributed by atoms with Gasteiger partial charge in [-0.05, 0) is 59.9 Å². The van der Waals surface area contributed by atoms with Gasteiger partial charge in [-0.2, -0.15) is 0 Å². The van der Waals surface area contributed by atoms with Gasteiger partial charge in [-0.25, -0.2) is 0 Å². The lowest BCUT2D eigenvalue weighted by atomic mass is 9.78. The van der Waals surface area contributed by atoms with Crippen molar-refractivity contribution in [1.82, 2.24) is 0 Å². The molecule has 0 saturated heterocycles. The molecule has 0 saturated carbocycles. The molecule has 0 spiro atoms. The molecule has 0 bridgehead atoms. The van der Waals surface area contributed by atoms with Crippen LogP contribution in [0.2, 0.25) is 0 Å². The van der Waals surface area contributed by atoms with E-state index < -0.39 is 11.0 Å². The zero-order valence-corrected chi connectivity index (χ0v) is 20.7. The predicted octanol–water partition coefficient (Wildman–Crippen LogP) is 5.60. The van der Waals surface area contributed by atoms with Crippen LogP contribution in [-0.4, -0.2) is 32.0 Å². The predicted molar refractivity (Wildman–Crippen MR) is 140 cm³/mol. The summed E-state index contributed by atoms with van der Waals surface area (Å²) in [5, 5.41) is 18.2. The number of anilines is 2. The molecule has 0 aromatic heterocycles. The Morgan fingerprint density at radius 3 is 2.11 bits per heavy atom. The summed E-state index contributed by atoms with van der Waals surface area (Å²) in [4.78, 5) is 24.5. The van der Waals surface area contributed by atoms with Crippen molar-refractivity contribution in [3.8, 4) is 17.2 Å². The Hall–Kier alpha value is -4.53. The number of carbonyl (C=O) groups is 1. The van der Waals surface area contributed by atoms with E-state index in [0.717, 1.165) is 28.2 Å². The summed E-state index contributed by atoms with van der Waals surface area (Å²) < 4.78 is 16.5. The molecule has 1 aliphatic carbocycles. The van der Waals surface area contributed by atoms with Crippen LogP contribution in [0.15, 0.2) is 71.9 Å². The number of hydrogen-bond donors (Lipinski definition) is 2. The van der Waals surface area contributed by atoms with E-state index in [-0.39, 0.29) is 17.4 Å². The number of nitrogens with one attached hydrogen (secondary N) is 2. The number of methoxy groups -OCH3 is 3. The van der Waals surface area contributed by atoms with E-state index in [4.69, 9.17) is 14.2 Å². The molecule has 0 amide bonds. The summed E-state index contributed by atoms with van der Waals surface area (Å²) in [6, 6.07) is 17.4. The number of fused-ring (bicyclic) bond motifs is 1.